The van der Waals surface area contributed by atoms with Gasteiger partial charge in [0.15, 0.2) is 6.10 Å². The smallest absolute Gasteiger partial charge is 0.254 e. The average Bonchev–Trinajstić information content (AvgIpc) is 4.12. The number of amides is 1. The van der Waals surface area contributed by atoms with E-state index < -0.39 is 47.0 Å². The van der Waals surface area contributed by atoms with Gasteiger partial charge < -0.3 is 40.5 Å². The van der Waals surface area contributed by atoms with Gasteiger partial charge in [0.1, 0.15) is 24.1 Å². The van der Waals surface area contributed by atoms with E-state index in [1.165, 1.54) is 4.90 Å². The van der Waals surface area contributed by atoms with Crippen molar-refractivity contribution in [2.75, 3.05) is 32.5 Å². The van der Waals surface area contributed by atoms with Crippen LogP contribution in [-0.2, 0) is 26.9 Å². The van der Waals surface area contributed by atoms with Crippen molar-refractivity contribution in [1.29, 1.82) is 0 Å². The topological polar surface area (TPSA) is 202 Å². The first-order chi connectivity index (χ1) is 26.2. The molecule has 0 bridgehead atoms. The van der Waals surface area contributed by atoms with Crippen molar-refractivity contribution in [3.8, 4) is 16.9 Å². The molecule has 5 rings (SSSR count). The Balaban J connectivity index is 1.21. The molecule has 15 heteroatoms. The monoisotopic (exact) mass is 802 g/mol. The molecule has 1 unspecified atom stereocenters. The summed E-state index contributed by atoms with van der Waals surface area (Å²) in [5, 5.41) is 54.4. The number of rotatable bonds is 23. The van der Waals surface area contributed by atoms with Crippen LogP contribution >= 0.6 is 11.6 Å². The molecule has 1 heterocycles. The normalized spacial score (nSPS) is 17.9. The zero-order chi connectivity index (χ0) is 39.8. The number of hydrogen-bond acceptors (Lipinski definition) is 11. The molecule has 2 saturated carbocycles. The number of aliphatic hydroxyl groups is 5. The molecule has 5 atom stereocenters. The van der Waals surface area contributed by atoms with Gasteiger partial charge in [-0.25, -0.2) is 13.1 Å². The molecule has 1 aromatic heterocycles. The lowest BCUT2D eigenvalue weighted by Gasteiger charge is -2.30. The number of aliphatic hydroxyl groups excluding tert-OH is 5. The summed E-state index contributed by atoms with van der Waals surface area (Å²) in [5.74, 6) is 0.120. The molecule has 55 heavy (non-hydrogen) atoms. The second-order valence-corrected chi connectivity index (χ2v) is 17.2. The average molecular weight is 803 g/mol. The second-order valence-electron chi connectivity index (χ2n) is 14.9. The van der Waals surface area contributed by atoms with Crippen LogP contribution in [0.1, 0.15) is 80.9 Å². The molecule has 0 aliphatic heterocycles. The number of nitrogens with zero attached hydrogens (tertiary/aromatic N) is 2. The van der Waals surface area contributed by atoms with Crippen LogP contribution in [0.5, 0.6) is 5.75 Å². The number of hydrogen-bond donors (Lipinski definition) is 7. The number of ether oxygens (including phenoxy) is 1. The zero-order valence-corrected chi connectivity index (χ0v) is 33.1. The third-order valence-corrected chi connectivity index (χ3v) is 11.5. The highest BCUT2D eigenvalue weighted by atomic mass is 35.5. The Morgan fingerprint density at radius 1 is 1.02 bits per heavy atom. The van der Waals surface area contributed by atoms with Crippen LogP contribution in [0.2, 0.25) is 5.02 Å². The molecule has 2 fully saturated rings. The molecule has 0 spiro atoms. The SMILES string of the molecule is CC(CCCN(CCCCNS(C)(=O)=O)C(=O)[C@@H](O)[C@@H](O)[C@H](O)[C@@H](O)CO)c1ccc(Cl)c(CNC2(c3cnccc3-c3ccccc3OC3CC3)CC2)c1. The summed E-state index contributed by atoms with van der Waals surface area (Å²) in [4.78, 5) is 19.2. The number of halogens is 1. The van der Waals surface area contributed by atoms with E-state index in [2.05, 4.69) is 40.1 Å². The largest absolute Gasteiger partial charge is 0.490 e. The number of carbonyl (C=O) groups is 1. The Labute approximate surface area is 328 Å². The van der Waals surface area contributed by atoms with Gasteiger partial charge in [0, 0.05) is 54.7 Å². The Kier molecular flexibility index (Phi) is 15.1. The Morgan fingerprint density at radius 2 is 1.75 bits per heavy atom. The first kappa shape index (κ1) is 43.0. The molecule has 3 aromatic rings. The summed E-state index contributed by atoms with van der Waals surface area (Å²) in [5.41, 5.74) is 5.07. The van der Waals surface area contributed by atoms with Crippen LogP contribution in [0.3, 0.4) is 0 Å². The number of carbonyl (C=O) groups excluding carboxylic acids is 1. The van der Waals surface area contributed by atoms with Crippen LogP contribution in [-0.4, -0.2) is 113 Å². The summed E-state index contributed by atoms with van der Waals surface area (Å²) in [7, 11) is -3.37. The Bertz CT molecular complexity index is 1840. The highest BCUT2D eigenvalue weighted by Crippen LogP contribution is 2.50. The summed E-state index contributed by atoms with van der Waals surface area (Å²) >= 11 is 6.74. The van der Waals surface area contributed by atoms with E-state index in [1.807, 2.05) is 42.7 Å². The fourth-order valence-electron chi connectivity index (χ4n) is 6.76. The molecule has 0 saturated heterocycles. The molecule has 0 radical (unpaired) electrons. The first-order valence-corrected chi connectivity index (χ1v) is 21.3. The van der Waals surface area contributed by atoms with E-state index in [9.17, 15) is 33.6 Å². The van der Waals surface area contributed by atoms with Crippen molar-refractivity contribution in [2.24, 2.45) is 0 Å². The second kappa shape index (κ2) is 19.3. The molecule has 2 aliphatic carbocycles. The van der Waals surface area contributed by atoms with Crippen LogP contribution in [0, 0.1) is 0 Å². The van der Waals surface area contributed by atoms with Gasteiger partial charge in [0.2, 0.25) is 10.0 Å². The van der Waals surface area contributed by atoms with E-state index >= 15 is 0 Å². The van der Waals surface area contributed by atoms with Crippen molar-refractivity contribution < 1.29 is 43.5 Å². The summed E-state index contributed by atoms with van der Waals surface area (Å²) in [6, 6.07) is 16.2. The highest BCUT2D eigenvalue weighted by Gasteiger charge is 2.46. The quantitative estimate of drug-likeness (QED) is 0.0695. The minimum absolute atomic E-state index is 0.0757. The molecule has 2 aromatic carbocycles. The maximum absolute atomic E-state index is 13.3. The fraction of sp³-hybridized carbons (Fsp3) is 0.550. The maximum atomic E-state index is 13.3. The Morgan fingerprint density at radius 3 is 2.44 bits per heavy atom. The molecule has 302 valence electrons. The first-order valence-electron chi connectivity index (χ1n) is 19.0. The van der Waals surface area contributed by atoms with Crippen molar-refractivity contribution in [3.05, 3.63) is 82.6 Å². The predicted octanol–water partition coefficient (Wildman–Crippen LogP) is 3.20. The Hall–Kier alpha value is -3.18. The van der Waals surface area contributed by atoms with Crippen LogP contribution in [0.25, 0.3) is 11.1 Å². The number of nitrogens with one attached hydrogen (secondary N) is 2. The zero-order valence-electron chi connectivity index (χ0n) is 31.5. The minimum atomic E-state index is -3.37. The third-order valence-electron chi connectivity index (χ3n) is 10.4. The van der Waals surface area contributed by atoms with Gasteiger partial charge in [-0.1, -0.05) is 48.9 Å². The summed E-state index contributed by atoms with van der Waals surface area (Å²) in [6.07, 6.45) is 3.46. The molecule has 1 amide bonds. The summed E-state index contributed by atoms with van der Waals surface area (Å²) in [6.45, 7) is 2.32. The highest BCUT2D eigenvalue weighted by molar-refractivity contribution is 7.88. The van der Waals surface area contributed by atoms with E-state index in [1.54, 1.807) is 0 Å². The van der Waals surface area contributed by atoms with Gasteiger partial charge in [0.25, 0.3) is 5.91 Å². The number of benzene rings is 2. The maximum Gasteiger partial charge on any atom is 0.254 e. The van der Waals surface area contributed by atoms with Crippen LogP contribution in [0.4, 0.5) is 0 Å². The van der Waals surface area contributed by atoms with Gasteiger partial charge in [0.05, 0.1) is 19.0 Å². The fourth-order valence-corrected chi connectivity index (χ4v) is 7.46. The number of unbranched alkanes of at least 4 members (excludes halogenated alkanes) is 1. The van der Waals surface area contributed by atoms with Crippen LogP contribution in [0.15, 0.2) is 60.9 Å². The molecule has 2 aliphatic rings. The molecule has 13 nitrogen and oxygen atoms in total. The van der Waals surface area contributed by atoms with E-state index in [0.29, 0.717) is 37.3 Å². The van der Waals surface area contributed by atoms with Gasteiger partial charge in [-0.15, -0.1) is 0 Å². The van der Waals surface area contributed by atoms with E-state index in [4.69, 9.17) is 21.4 Å². The third kappa shape index (κ3) is 11.9. The molecular weight excluding hydrogens is 748 g/mol. The van der Waals surface area contributed by atoms with Crippen LogP contribution < -0.4 is 14.8 Å². The van der Waals surface area contributed by atoms with Gasteiger partial charge in [-0.2, -0.15) is 0 Å². The lowest BCUT2D eigenvalue weighted by Crippen LogP contribution is -2.53. The predicted molar refractivity (Wildman–Crippen MR) is 210 cm³/mol. The number of pyridine rings is 1. The summed E-state index contributed by atoms with van der Waals surface area (Å²) < 4.78 is 31.5. The van der Waals surface area contributed by atoms with Gasteiger partial charge in [-0.3, -0.25) is 9.78 Å². The van der Waals surface area contributed by atoms with Crippen molar-refractivity contribution in [2.45, 2.75) is 107 Å². The van der Waals surface area contributed by atoms with Crippen molar-refractivity contribution in [3.63, 3.8) is 0 Å². The minimum Gasteiger partial charge on any atom is -0.490 e. The molecular formula is C40H55ClN4O9S. The number of para-hydroxylation sites is 1. The lowest BCUT2D eigenvalue weighted by atomic mass is 9.93. The van der Waals surface area contributed by atoms with Gasteiger partial charge in [-0.05, 0) is 97.7 Å². The number of sulfonamides is 1. The van der Waals surface area contributed by atoms with Gasteiger partial charge >= 0.3 is 0 Å². The standard InChI is InChI=1S/C40H55ClN4O9S/c1-26(8-7-21-45(20-6-5-18-44-55(2,52)53)39(51)38(50)37(49)36(48)34(47)25-46)27-11-14-33(41)28(22-27)23-43-40(16-17-40)32-24-42-19-15-30(32)31-9-3-4-10-35(31)54-29-12-13-29/h3-4,9-11,14-15,19,22,24,26,29,34,36-38,43-44,46-50H,5-8,12-13,16-18,20-21,23,25H2,1-2H3/t26?,34-,36+,37-,38-/m0/s1. The lowest BCUT2D eigenvalue weighted by molar-refractivity contribution is -0.158. The van der Waals surface area contributed by atoms with E-state index in [-0.39, 0.29) is 37.2 Å². The van der Waals surface area contributed by atoms with Crippen molar-refractivity contribution in [1.82, 2.24) is 19.9 Å². The number of aromatic nitrogens is 1. The van der Waals surface area contributed by atoms with Crippen molar-refractivity contribution >= 4 is 27.5 Å². The molecule has 7 N–H and O–H groups in total. The van der Waals surface area contributed by atoms with E-state index in [0.717, 1.165) is 65.5 Å².